The number of rotatable bonds is 3. The number of hydrogen-bond donors (Lipinski definition) is 0. The first-order valence-electron chi connectivity index (χ1n) is 7.10. The topological polar surface area (TPSA) is 21.1 Å². The third-order valence-electron chi connectivity index (χ3n) is 4.01. The van der Waals surface area contributed by atoms with Crippen molar-refractivity contribution in [3.8, 4) is 0 Å². The van der Waals surface area contributed by atoms with Crippen LogP contribution in [0.25, 0.3) is 11.0 Å². The molecule has 2 heterocycles. The van der Waals surface area contributed by atoms with Gasteiger partial charge in [-0.05, 0) is 44.6 Å². The predicted octanol–water partition coefficient (Wildman–Crippen LogP) is 3.74. The molecule has 1 fully saturated rings. The number of alkyl halides is 1. The molecule has 1 saturated heterocycles. The quantitative estimate of drug-likeness (QED) is 0.805. The van der Waals surface area contributed by atoms with Crippen LogP contribution < -0.4 is 0 Å². The van der Waals surface area contributed by atoms with Gasteiger partial charge in [0.1, 0.15) is 5.82 Å². The van der Waals surface area contributed by atoms with Crippen LogP contribution >= 0.6 is 23.2 Å². The minimum atomic E-state index is 0.468. The molecule has 0 radical (unpaired) electrons. The van der Waals surface area contributed by atoms with Crippen LogP contribution in [0.5, 0.6) is 0 Å². The van der Waals surface area contributed by atoms with Gasteiger partial charge in [-0.2, -0.15) is 0 Å². The van der Waals surface area contributed by atoms with E-state index in [0.29, 0.717) is 11.9 Å². The van der Waals surface area contributed by atoms with E-state index in [4.69, 9.17) is 28.2 Å². The smallest absolute Gasteiger partial charge is 0.111 e. The average Bonchev–Trinajstić information content (AvgIpc) is 2.76. The number of piperidine rings is 1. The van der Waals surface area contributed by atoms with Crippen molar-refractivity contribution in [2.24, 2.45) is 0 Å². The minimum Gasteiger partial charge on any atom is -0.323 e. The van der Waals surface area contributed by atoms with Gasteiger partial charge in [0.15, 0.2) is 0 Å². The molecule has 1 aromatic heterocycles. The zero-order chi connectivity index (χ0) is 14.1. The Balaban J connectivity index is 2.09. The van der Waals surface area contributed by atoms with E-state index in [2.05, 4.69) is 16.5 Å². The van der Waals surface area contributed by atoms with Gasteiger partial charge in [-0.1, -0.05) is 11.6 Å². The lowest BCUT2D eigenvalue weighted by Crippen LogP contribution is -2.34. The Labute approximate surface area is 129 Å². The summed E-state index contributed by atoms with van der Waals surface area (Å²) in [6.45, 7) is 2.24. The lowest BCUT2D eigenvalue weighted by molar-refractivity contribution is 0.212. The van der Waals surface area contributed by atoms with Crippen LogP contribution in [0.3, 0.4) is 0 Å². The van der Waals surface area contributed by atoms with Gasteiger partial charge in [-0.3, -0.25) is 0 Å². The van der Waals surface area contributed by atoms with E-state index in [1.807, 2.05) is 18.2 Å². The molecule has 0 bridgehead atoms. The molecular formula is C15H19Cl2N3. The SMILES string of the molecule is CN1CCCC(n2c(CCCl)nc3ccc(Cl)cc32)C1. The molecule has 2 aromatic rings. The van der Waals surface area contributed by atoms with E-state index in [0.717, 1.165) is 34.8 Å². The number of nitrogens with zero attached hydrogens (tertiary/aromatic N) is 3. The molecule has 1 unspecified atom stereocenters. The van der Waals surface area contributed by atoms with Gasteiger partial charge in [-0.25, -0.2) is 4.98 Å². The molecule has 5 heteroatoms. The number of halogens is 2. The standard InChI is InChI=1S/C15H19Cl2N3/c1-19-8-2-3-12(10-19)20-14-9-11(17)4-5-13(14)18-15(20)6-7-16/h4-5,9,12H,2-3,6-8,10H2,1H3. The molecule has 1 aromatic carbocycles. The van der Waals surface area contributed by atoms with E-state index in [-0.39, 0.29) is 0 Å². The Hall–Kier alpha value is -0.770. The van der Waals surface area contributed by atoms with Crippen LogP contribution in [0.15, 0.2) is 18.2 Å². The van der Waals surface area contributed by atoms with Crippen molar-refractivity contribution in [2.45, 2.75) is 25.3 Å². The highest BCUT2D eigenvalue weighted by molar-refractivity contribution is 6.31. The molecule has 108 valence electrons. The second kappa shape index (κ2) is 5.92. The number of likely N-dealkylation sites (tertiary alicyclic amines) is 1. The fraction of sp³-hybridized carbons (Fsp3) is 0.533. The maximum Gasteiger partial charge on any atom is 0.111 e. The van der Waals surface area contributed by atoms with E-state index in [1.165, 1.54) is 19.4 Å². The number of imidazole rings is 1. The summed E-state index contributed by atoms with van der Waals surface area (Å²) >= 11 is 12.1. The Morgan fingerprint density at radius 1 is 1.40 bits per heavy atom. The van der Waals surface area contributed by atoms with E-state index >= 15 is 0 Å². The number of aromatic nitrogens is 2. The molecule has 1 aliphatic heterocycles. The summed E-state index contributed by atoms with van der Waals surface area (Å²) in [5, 5.41) is 0.764. The van der Waals surface area contributed by atoms with Gasteiger partial charge < -0.3 is 9.47 Å². The van der Waals surface area contributed by atoms with Crippen LogP contribution in [-0.2, 0) is 6.42 Å². The third kappa shape index (κ3) is 2.67. The van der Waals surface area contributed by atoms with Gasteiger partial charge in [-0.15, -0.1) is 11.6 Å². The largest absolute Gasteiger partial charge is 0.323 e. The van der Waals surface area contributed by atoms with Crippen molar-refractivity contribution in [1.29, 1.82) is 0 Å². The van der Waals surface area contributed by atoms with Gasteiger partial charge in [0.25, 0.3) is 0 Å². The predicted molar refractivity (Wildman–Crippen MR) is 84.9 cm³/mol. The average molecular weight is 312 g/mol. The first-order valence-corrected chi connectivity index (χ1v) is 8.01. The van der Waals surface area contributed by atoms with Crippen molar-refractivity contribution in [2.75, 3.05) is 26.0 Å². The van der Waals surface area contributed by atoms with Crippen molar-refractivity contribution in [3.63, 3.8) is 0 Å². The van der Waals surface area contributed by atoms with Crippen molar-refractivity contribution >= 4 is 34.2 Å². The summed E-state index contributed by atoms with van der Waals surface area (Å²) in [6.07, 6.45) is 3.22. The number of likely N-dealkylation sites (N-methyl/N-ethyl adjacent to an activating group) is 1. The van der Waals surface area contributed by atoms with Crippen LogP contribution in [-0.4, -0.2) is 40.5 Å². The molecule has 0 saturated carbocycles. The molecule has 0 aliphatic carbocycles. The second-order valence-electron chi connectivity index (χ2n) is 5.53. The molecule has 20 heavy (non-hydrogen) atoms. The highest BCUT2D eigenvalue weighted by Crippen LogP contribution is 2.29. The molecule has 0 spiro atoms. The Morgan fingerprint density at radius 3 is 3.00 bits per heavy atom. The van der Waals surface area contributed by atoms with E-state index < -0.39 is 0 Å². The zero-order valence-electron chi connectivity index (χ0n) is 11.6. The van der Waals surface area contributed by atoms with E-state index in [1.54, 1.807) is 0 Å². The van der Waals surface area contributed by atoms with Crippen LogP contribution in [0, 0.1) is 0 Å². The maximum absolute atomic E-state index is 6.17. The first kappa shape index (κ1) is 14.2. The summed E-state index contributed by atoms with van der Waals surface area (Å²) in [7, 11) is 2.18. The van der Waals surface area contributed by atoms with Crippen molar-refractivity contribution in [3.05, 3.63) is 29.0 Å². The summed E-state index contributed by atoms with van der Waals surface area (Å²) in [5.41, 5.74) is 2.15. The molecule has 3 nitrogen and oxygen atoms in total. The molecule has 1 atom stereocenters. The minimum absolute atomic E-state index is 0.468. The van der Waals surface area contributed by atoms with Gasteiger partial charge in [0.2, 0.25) is 0 Å². The van der Waals surface area contributed by atoms with Crippen LogP contribution in [0.2, 0.25) is 5.02 Å². The van der Waals surface area contributed by atoms with E-state index in [9.17, 15) is 0 Å². The molecule has 1 aliphatic rings. The molecule has 0 N–H and O–H groups in total. The Kier molecular flexibility index (Phi) is 4.20. The fourth-order valence-electron chi connectivity index (χ4n) is 3.13. The number of benzene rings is 1. The van der Waals surface area contributed by atoms with Crippen LogP contribution in [0.1, 0.15) is 24.7 Å². The zero-order valence-corrected chi connectivity index (χ0v) is 13.2. The normalized spacial score (nSPS) is 20.6. The third-order valence-corrected chi connectivity index (χ3v) is 4.43. The highest BCUT2D eigenvalue weighted by Gasteiger charge is 2.23. The number of aryl methyl sites for hydroxylation is 1. The van der Waals surface area contributed by atoms with Crippen molar-refractivity contribution < 1.29 is 0 Å². The number of fused-ring (bicyclic) bond motifs is 1. The Bertz CT molecular complexity index is 608. The fourth-order valence-corrected chi connectivity index (χ4v) is 3.47. The highest BCUT2D eigenvalue weighted by atomic mass is 35.5. The van der Waals surface area contributed by atoms with Crippen LogP contribution in [0.4, 0.5) is 0 Å². The van der Waals surface area contributed by atoms with Gasteiger partial charge in [0.05, 0.1) is 11.0 Å². The number of hydrogen-bond acceptors (Lipinski definition) is 2. The second-order valence-corrected chi connectivity index (χ2v) is 6.34. The molecule has 3 rings (SSSR count). The van der Waals surface area contributed by atoms with Gasteiger partial charge >= 0.3 is 0 Å². The molecule has 0 amide bonds. The monoisotopic (exact) mass is 311 g/mol. The van der Waals surface area contributed by atoms with Crippen molar-refractivity contribution in [1.82, 2.24) is 14.5 Å². The maximum atomic E-state index is 6.17. The lowest BCUT2D eigenvalue weighted by atomic mass is 10.1. The summed E-state index contributed by atoms with van der Waals surface area (Å²) in [6, 6.07) is 6.39. The van der Waals surface area contributed by atoms with Gasteiger partial charge in [0, 0.05) is 29.9 Å². The summed E-state index contributed by atoms with van der Waals surface area (Å²) in [5.74, 6) is 1.68. The molecular weight excluding hydrogens is 293 g/mol. The Morgan fingerprint density at radius 2 is 2.25 bits per heavy atom. The summed E-state index contributed by atoms with van der Waals surface area (Å²) in [4.78, 5) is 7.13. The first-order chi connectivity index (χ1) is 9.69. The lowest BCUT2D eigenvalue weighted by Gasteiger charge is -2.32. The summed E-state index contributed by atoms with van der Waals surface area (Å²) < 4.78 is 2.36.